The van der Waals surface area contributed by atoms with Gasteiger partial charge in [-0.05, 0) is 39.4 Å². The Morgan fingerprint density at radius 1 is 1.27 bits per heavy atom. The predicted octanol–water partition coefficient (Wildman–Crippen LogP) is 0.973. The second-order valence-electron chi connectivity index (χ2n) is 4.33. The summed E-state index contributed by atoms with van der Waals surface area (Å²) in [5, 5.41) is 15.6. The molecular weight excluding hydrogens is 192 g/mol. The van der Waals surface area contributed by atoms with Gasteiger partial charge < -0.3 is 15.7 Å². The van der Waals surface area contributed by atoms with E-state index in [9.17, 15) is 9.90 Å². The van der Waals surface area contributed by atoms with E-state index in [0.717, 1.165) is 45.2 Å². The molecule has 15 heavy (non-hydrogen) atoms. The summed E-state index contributed by atoms with van der Waals surface area (Å²) in [6, 6.07) is 0. The Morgan fingerprint density at radius 3 is 2.47 bits per heavy atom. The van der Waals surface area contributed by atoms with E-state index in [1.165, 1.54) is 6.42 Å². The second-order valence-corrected chi connectivity index (χ2v) is 4.33. The van der Waals surface area contributed by atoms with Crippen molar-refractivity contribution in [3.8, 4) is 0 Å². The maximum atomic E-state index is 11.3. The summed E-state index contributed by atoms with van der Waals surface area (Å²) in [6.45, 7) is 1.72. The minimum Gasteiger partial charge on any atom is -0.480 e. The minimum atomic E-state index is -0.674. The monoisotopic (exact) mass is 214 g/mol. The van der Waals surface area contributed by atoms with Crippen LogP contribution < -0.4 is 10.6 Å². The lowest BCUT2D eigenvalue weighted by Gasteiger charge is -2.34. The summed E-state index contributed by atoms with van der Waals surface area (Å²) in [5.41, 5.74) is -0.633. The summed E-state index contributed by atoms with van der Waals surface area (Å²) in [4.78, 5) is 11.3. The molecule has 3 N–H and O–H groups in total. The van der Waals surface area contributed by atoms with Crippen molar-refractivity contribution in [1.29, 1.82) is 0 Å². The van der Waals surface area contributed by atoms with Gasteiger partial charge in [-0.1, -0.05) is 19.3 Å². The number of carbonyl (C=O) groups is 1. The molecule has 0 radical (unpaired) electrons. The minimum absolute atomic E-state index is 0.633. The average Bonchev–Trinajstić information content (AvgIpc) is 2.26. The van der Waals surface area contributed by atoms with Crippen LogP contribution in [-0.4, -0.2) is 36.8 Å². The lowest BCUT2D eigenvalue weighted by molar-refractivity contribution is -0.146. The Balaban J connectivity index is 2.39. The van der Waals surface area contributed by atoms with Gasteiger partial charge in [-0.15, -0.1) is 0 Å². The predicted molar refractivity (Wildman–Crippen MR) is 60.0 cm³/mol. The smallest absolute Gasteiger partial charge is 0.323 e. The number of hydrogen-bond acceptors (Lipinski definition) is 3. The Bertz CT molecular complexity index is 201. The van der Waals surface area contributed by atoms with Crippen molar-refractivity contribution in [3.63, 3.8) is 0 Å². The van der Waals surface area contributed by atoms with Gasteiger partial charge in [0.15, 0.2) is 0 Å². The van der Waals surface area contributed by atoms with Crippen molar-refractivity contribution in [2.45, 2.75) is 44.1 Å². The number of carboxylic acids is 1. The van der Waals surface area contributed by atoms with Crippen molar-refractivity contribution in [1.82, 2.24) is 10.6 Å². The number of carboxylic acid groups (broad SMARTS) is 1. The molecule has 0 saturated heterocycles. The molecule has 0 aromatic heterocycles. The van der Waals surface area contributed by atoms with Crippen molar-refractivity contribution < 1.29 is 9.90 Å². The van der Waals surface area contributed by atoms with Crippen molar-refractivity contribution >= 4 is 5.97 Å². The maximum Gasteiger partial charge on any atom is 0.323 e. The molecule has 0 aliphatic heterocycles. The van der Waals surface area contributed by atoms with E-state index in [1.807, 2.05) is 7.05 Å². The highest BCUT2D eigenvalue weighted by molar-refractivity contribution is 5.78. The van der Waals surface area contributed by atoms with E-state index >= 15 is 0 Å². The van der Waals surface area contributed by atoms with E-state index in [0.29, 0.717) is 0 Å². The summed E-state index contributed by atoms with van der Waals surface area (Å²) < 4.78 is 0. The van der Waals surface area contributed by atoms with Gasteiger partial charge in [-0.2, -0.15) is 0 Å². The van der Waals surface area contributed by atoms with Crippen LogP contribution in [0.2, 0.25) is 0 Å². The van der Waals surface area contributed by atoms with Gasteiger partial charge in [-0.3, -0.25) is 4.79 Å². The molecule has 0 atom stereocenters. The first-order valence-corrected chi connectivity index (χ1v) is 5.84. The molecule has 0 aromatic rings. The van der Waals surface area contributed by atoms with Gasteiger partial charge in [0.05, 0.1) is 0 Å². The van der Waals surface area contributed by atoms with Crippen LogP contribution in [0.25, 0.3) is 0 Å². The van der Waals surface area contributed by atoms with Crippen LogP contribution in [0.3, 0.4) is 0 Å². The Morgan fingerprint density at radius 2 is 1.93 bits per heavy atom. The van der Waals surface area contributed by atoms with Crippen LogP contribution in [0.4, 0.5) is 0 Å². The third-order valence-corrected chi connectivity index (χ3v) is 3.18. The molecule has 0 bridgehead atoms. The number of nitrogens with one attached hydrogen (secondary N) is 2. The molecule has 0 heterocycles. The molecule has 0 unspecified atom stereocenters. The zero-order chi connectivity index (χ0) is 11.1. The van der Waals surface area contributed by atoms with Crippen LogP contribution in [0.15, 0.2) is 0 Å². The lowest BCUT2D eigenvalue weighted by Crippen LogP contribution is -2.53. The molecule has 1 saturated carbocycles. The fourth-order valence-electron chi connectivity index (χ4n) is 2.21. The van der Waals surface area contributed by atoms with Gasteiger partial charge in [0.25, 0.3) is 0 Å². The van der Waals surface area contributed by atoms with E-state index in [4.69, 9.17) is 0 Å². The molecule has 1 aliphatic rings. The van der Waals surface area contributed by atoms with Crippen LogP contribution in [0, 0.1) is 0 Å². The molecule has 4 heteroatoms. The van der Waals surface area contributed by atoms with Crippen LogP contribution in [-0.2, 0) is 4.79 Å². The first-order chi connectivity index (χ1) is 7.21. The first-order valence-electron chi connectivity index (χ1n) is 5.84. The Labute approximate surface area is 91.4 Å². The summed E-state index contributed by atoms with van der Waals surface area (Å²) in [6.07, 6.45) is 5.78. The zero-order valence-electron chi connectivity index (χ0n) is 9.51. The standard InChI is InChI=1S/C11H22N2O2/c1-12-8-5-9-13-11(10(14)15)6-3-2-4-7-11/h12-13H,2-9H2,1H3,(H,14,15). The largest absolute Gasteiger partial charge is 0.480 e. The van der Waals surface area contributed by atoms with Gasteiger partial charge in [-0.25, -0.2) is 0 Å². The van der Waals surface area contributed by atoms with E-state index in [-0.39, 0.29) is 0 Å². The Kier molecular flexibility index (Phi) is 5.05. The van der Waals surface area contributed by atoms with E-state index in [2.05, 4.69) is 10.6 Å². The molecule has 0 spiro atoms. The Hall–Kier alpha value is -0.610. The zero-order valence-corrected chi connectivity index (χ0v) is 9.51. The van der Waals surface area contributed by atoms with Gasteiger partial charge in [0, 0.05) is 0 Å². The quantitative estimate of drug-likeness (QED) is 0.577. The molecule has 1 fully saturated rings. The highest BCUT2D eigenvalue weighted by atomic mass is 16.4. The molecule has 4 nitrogen and oxygen atoms in total. The number of hydrogen-bond donors (Lipinski definition) is 3. The van der Waals surface area contributed by atoms with Crippen molar-refractivity contribution in [3.05, 3.63) is 0 Å². The molecule has 0 amide bonds. The van der Waals surface area contributed by atoms with Gasteiger partial charge in [0.1, 0.15) is 5.54 Å². The second kappa shape index (κ2) is 6.08. The highest BCUT2D eigenvalue weighted by Crippen LogP contribution is 2.28. The van der Waals surface area contributed by atoms with Gasteiger partial charge in [0.2, 0.25) is 0 Å². The van der Waals surface area contributed by atoms with Gasteiger partial charge >= 0.3 is 5.97 Å². The van der Waals surface area contributed by atoms with Crippen molar-refractivity contribution in [2.24, 2.45) is 0 Å². The lowest BCUT2D eigenvalue weighted by atomic mass is 9.81. The summed E-state index contributed by atoms with van der Waals surface area (Å²) >= 11 is 0. The molecule has 1 rings (SSSR count). The van der Waals surface area contributed by atoms with Crippen LogP contribution >= 0.6 is 0 Å². The third-order valence-electron chi connectivity index (χ3n) is 3.18. The molecule has 0 aromatic carbocycles. The first kappa shape index (κ1) is 12.5. The number of rotatable bonds is 6. The normalized spacial score (nSPS) is 20.1. The number of aliphatic carboxylic acids is 1. The van der Waals surface area contributed by atoms with E-state index < -0.39 is 11.5 Å². The maximum absolute atomic E-state index is 11.3. The van der Waals surface area contributed by atoms with Crippen LogP contribution in [0.5, 0.6) is 0 Å². The molecule has 88 valence electrons. The average molecular weight is 214 g/mol. The topological polar surface area (TPSA) is 61.4 Å². The molecule has 1 aliphatic carbocycles. The van der Waals surface area contributed by atoms with Crippen LogP contribution in [0.1, 0.15) is 38.5 Å². The SMILES string of the molecule is CNCCCNC1(C(=O)O)CCCCC1. The van der Waals surface area contributed by atoms with Crippen molar-refractivity contribution in [2.75, 3.05) is 20.1 Å². The third kappa shape index (κ3) is 3.47. The highest BCUT2D eigenvalue weighted by Gasteiger charge is 2.38. The fraction of sp³-hybridized carbons (Fsp3) is 0.909. The summed E-state index contributed by atoms with van der Waals surface area (Å²) in [5.74, 6) is -0.674. The van der Waals surface area contributed by atoms with E-state index in [1.54, 1.807) is 0 Å². The molecular formula is C11H22N2O2. The fourth-order valence-corrected chi connectivity index (χ4v) is 2.21. The summed E-state index contributed by atoms with van der Waals surface area (Å²) in [7, 11) is 1.91.